The van der Waals surface area contributed by atoms with Crippen molar-refractivity contribution < 1.29 is 14.3 Å². The maximum absolute atomic E-state index is 13.6. The molecule has 2 aliphatic rings. The summed E-state index contributed by atoms with van der Waals surface area (Å²) in [5.74, 6) is 0.218. The zero-order valence-corrected chi connectivity index (χ0v) is 23.1. The molecule has 2 aliphatic heterocycles. The Balaban J connectivity index is 1.48. The normalized spacial score (nSPS) is 19.1. The summed E-state index contributed by atoms with van der Waals surface area (Å²) in [6.45, 7) is 5.72. The average Bonchev–Trinajstić information content (AvgIpc) is 3.10. The largest absolute Gasteiger partial charge is 0.497 e. The molecule has 36 heavy (non-hydrogen) atoms. The molecule has 2 aromatic rings. The van der Waals surface area contributed by atoms with Crippen molar-refractivity contribution in [2.45, 2.75) is 18.9 Å². The summed E-state index contributed by atoms with van der Waals surface area (Å²) in [5.41, 5.74) is 1.33. The Hall–Kier alpha value is -2.53. The molecule has 0 saturated carbocycles. The smallest absolute Gasteiger partial charge is 0.256 e. The first-order valence-electron chi connectivity index (χ1n) is 12.1. The van der Waals surface area contributed by atoms with E-state index in [1.54, 1.807) is 13.2 Å². The summed E-state index contributed by atoms with van der Waals surface area (Å²) in [7, 11) is 3.73. The summed E-state index contributed by atoms with van der Waals surface area (Å²) >= 11 is 9.19. The number of anilines is 2. The molecule has 2 saturated heterocycles. The molecule has 0 bridgehead atoms. The van der Waals surface area contributed by atoms with Gasteiger partial charge in [0.15, 0.2) is 5.11 Å². The van der Waals surface area contributed by atoms with Crippen LogP contribution in [0.4, 0.5) is 11.4 Å². The van der Waals surface area contributed by atoms with Gasteiger partial charge in [-0.3, -0.25) is 14.5 Å². The quantitative estimate of drug-likeness (QED) is 0.461. The number of nitrogens with one attached hydrogen (secondary N) is 1. The number of halogens is 1. The third-order valence-corrected chi connectivity index (χ3v) is 7.55. The molecule has 4 rings (SSSR count). The SMILES string of the molecule is COc1cccc(N2C(=O)C(CC(=O)Nc3ccc(Br)cc3)N(CCCN3CCN(C)CC3)C2=S)c1. The number of nitrogens with zero attached hydrogens (tertiary/aromatic N) is 4. The molecule has 0 aliphatic carbocycles. The number of methoxy groups -OCH3 is 1. The second kappa shape index (κ2) is 12.1. The Kier molecular flexibility index (Phi) is 8.95. The molecule has 1 atom stereocenters. The van der Waals surface area contributed by atoms with E-state index in [4.69, 9.17) is 17.0 Å². The predicted octanol–water partition coefficient (Wildman–Crippen LogP) is 3.43. The number of hydrogen-bond donors (Lipinski definition) is 1. The van der Waals surface area contributed by atoms with Crippen molar-refractivity contribution in [3.63, 3.8) is 0 Å². The van der Waals surface area contributed by atoms with E-state index >= 15 is 0 Å². The number of rotatable bonds is 9. The van der Waals surface area contributed by atoms with E-state index < -0.39 is 6.04 Å². The maximum Gasteiger partial charge on any atom is 0.256 e. The van der Waals surface area contributed by atoms with Crippen molar-refractivity contribution in [3.8, 4) is 5.75 Å². The lowest BCUT2D eigenvalue weighted by Gasteiger charge is -2.33. The van der Waals surface area contributed by atoms with Crippen LogP contribution >= 0.6 is 28.1 Å². The first kappa shape index (κ1) is 26.5. The lowest BCUT2D eigenvalue weighted by atomic mass is 10.1. The van der Waals surface area contributed by atoms with Crippen LogP contribution in [0.3, 0.4) is 0 Å². The number of thiocarbonyl (C=S) groups is 1. The molecule has 2 heterocycles. The van der Waals surface area contributed by atoms with Crippen molar-refractivity contribution in [1.82, 2.24) is 14.7 Å². The van der Waals surface area contributed by atoms with Crippen LogP contribution in [0.5, 0.6) is 5.75 Å². The second-order valence-electron chi connectivity index (χ2n) is 9.12. The number of benzene rings is 2. The zero-order valence-electron chi connectivity index (χ0n) is 20.7. The van der Waals surface area contributed by atoms with Gasteiger partial charge < -0.3 is 24.8 Å². The Bertz CT molecular complexity index is 1090. The minimum atomic E-state index is -0.661. The van der Waals surface area contributed by atoms with E-state index in [9.17, 15) is 9.59 Å². The third-order valence-electron chi connectivity index (χ3n) is 6.61. The van der Waals surface area contributed by atoms with Crippen LogP contribution in [0.15, 0.2) is 53.0 Å². The monoisotopic (exact) mass is 573 g/mol. The van der Waals surface area contributed by atoms with Gasteiger partial charge in [0.25, 0.3) is 5.91 Å². The Labute approximate surface area is 226 Å². The molecule has 8 nitrogen and oxygen atoms in total. The maximum atomic E-state index is 13.6. The van der Waals surface area contributed by atoms with E-state index in [1.165, 1.54) is 4.90 Å². The van der Waals surface area contributed by atoms with Crippen LogP contribution in [-0.2, 0) is 9.59 Å². The number of likely N-dealkylation sites (N-methyl/N-ethyl adjacent to an activating group) is 1. The average molecular weight is 575 g/mol. The summed E-state index contributed by atoms with van der Waals surface area (Å²) in [5, 5.41) is 3.33. The fraction of sp³-hybridized carbons (Fsp3) is 0.423. The van der Waals surface area contributed by atoms with E-state index in [0.717, 1.165) is 43.6 Å². The molecule has 2 fully saturated rings. The molecule has 2 amide bonds. The molecular formula is C26H32BrN5O3S. The standard InChI is InChI=1S/C26H32BrN5O3S/c1-29-13-15-30(16-14-29)11-4-12-31-23(18-24(33)28-20-9-7-19(27)8-10-20)25(34)32(26(31)36)21-5-3-6-22(17-21)35-2/h3,5-10,17,23H,4,11-16,18H2,1-2H3,(H,28,33). The van der Waals surface area contributed by atoms with Gasteiger partial charge in [0.1, 0.15) is 11.8 Å². The fourth-order valence-electron chi connectivity index (χ4n) is 4.53. The van der Waals surface area contributed by atoms with Crippen molar-refractivity contribution in [1.29, 1.82) is 0 Å². The minimum Gasteiger partial charge on any atom is -0.497 e. The fourth-order valence-corrected chi connectivity index (χ4v) is 5.21. The van der Waals surface area contributed by atoms with E-state index in [0.29, 0.717) is 28.8 Å². The van der Waals surface area contributed by atoms with Gasteiger partial charge in [-0.25, -0.2) is 0 Å². The van der Waals surface area contributed by atoms with Gasteiger partial charge in [-0.15, -0.1) is 0 Å². The predicted molar refractivity (Wildman–Crippen MR) is 150 cm³/mol. The van der Waals surface area contributed by atoms with Crippen molar-refractivity contribution in [2.75, 3.05) is 63.6 Å². The lowest BCUT2D eigenvalue weighted by molar-refractivity contribution is -0.124. The van der Waals surface area contributed by atoms with Crippen LogP contribution in [0.25, 0.3) is 0 Å². The molecule has 1 N–H and O–H groups in total. The van der Waals surface area contributed by atoms with Gasteiger partial charge in [-0.05, 0) is 68.6 Å². The number of amides is 2. The number of piperazine rings is 1. The van der Waals surface area contributed by atoms with Gasteiger partial charge in [-0.1, -0.05) is 22.0 Å². The molecule has 0 aromatic heterocycles. The van der Waals surface area contributed by atoms with Gasteiger partial charge >= 0.3 is 0 Å². The van der Waals surface area contributed by atoms with E-state index in [2.05, 4.69) is 38.1 Å². The van der Waals surface area contributed by atoms with Crippen molar-refractivity contribution in [2.24, 2.45) is 0 Å². The highest BCUT2D eigenvalue weighted by molar-refractivity contribution is 9.10. The van der Waals surface area contributed by atoms with Crippen LogP contribution in [0.1, 0.15) is 12.8 Å². The molecular weight excluding hydrogens is 542 g/mol. The number of carbonyl (C=O) groups is 2. The first-order valence-corrected chi connectivity index (χ1v) is 13.3. The number of carbonyl (C=O) groups excluding carboxylic acids is 2. The summed E-state index contributed by atoms with van der Waals surface area (Å²) < 4.78 is 6.27. The highest BCUT2D eigenvalue weighted by Gasteiger charge is 2.44. The molecule has 10 heteroatoms. The van der Waals surface area contributed by atoms with Gasteiger partial charge in [0, 0.05) is 49.0 Å². The molecule has 0 spiro atoms. The highest BCUT2D eigenvalue weighted by atomic mass is 79.9. The zero-order chi connectivity index (χ0) is 25.7. The number of hydrogen-bond acceptors (Lipinski definition) is 6. The third kappa shape index (κ3) is 6.42. The summed E-state index contributed by atoms with van der Waals surface area (Å²) in [4.78, 5) is 34.8. The summed E-state index contributed by atoms with van der Waals surface area (Å²) in [6, 6.07) is 14.0. The Morgan fingerprint density at radius 1 is 1.11 bits per heavy atom. The van der Waals surface area contributed by atoms with Crippen LogP contribution in [0, 0.1) is 0 Å². The summed E-state index contributed by atoms with van der Waals surface area (Å²) in [6.07, 6.45) is 0.873. The van der Waals surface area contributed by atoms with Crippen LogP contribution in [0.2, 0.25) is 0 Å². The Morgan fingerprint density at radius 3 is 2.53 bits per heavy atom. The van der Waals surface area contributed by atoms with Crippen molar-refractivity contribution in [3.05, 3.63) is 53.0 Å². The highest BCUT2D eigenvalue weighted by Crippen LogP contribution is 2.30. The first-order chi connectivity index (χ1) is 17.4. The second-order valence-corrected chi connectivity index (χ2v) is 10.4. The van der Waals surface area contributed by atoms with Crippen LogP contribution in [-0.4, -0.2) is 91.1 Å². The van der Waals surface area contributed by atoms with Gasteiger partial charge in [-0.2, -0.15) is 0 Å². The van der Waals surface area contributed by atoms with Gasteiger partial charge in [0.05, 0.1) is 19.2 Å². The van der Waals surface area contributed by atoms with Crippen molar-refractivity contribution >= 4 is 56.4 Å². The van der Waals surface area contributed by atoms with Gasteiger partial charge in [0.2, 0.25) is 5.91 Å². The van der Waals surface area contributed by atoms with E-state index in [1.807, 2.05) is 47.4 Å². The van der Waals surface area contributed by atoms with E-state index in [-0.39, 0.29) is 18.2 Å². The molecule has 192 valence electrons. The molecule has 0 radical (unpaired) electrons. The van der Waals surface area contributed by atoms with Crippen LogP contribution < -0.4 is 15.0 Å². The lowest BCUT2D eigenvalue weighted by Crippen LogP contribution is -2.45. The Morgan fingerprint density at radius 2 is 1.83 bits per heavy atom. The minimum absolute atomic E-state index is 0.0179. The molecule has 2 aromatic carbocycles. The topological polar surface area (TPSA) is 68.4 Å². The molecule has 1 unspecified atom stereocenters. The number of ether oxygens (including phenoxy) is 1.